The molecule has 0 saturated carbocycles. The number of anilines is 1. The number of benzene rings is 1. The SMILES string of the molecule is C#CCCCCNC(=O)c1cc(N)cc(Cl)c1Cl. The lowest BCUT2D eigenvalue weighted by atomic mass is 10.2. The van der Waals surface area contributed by atoms with E-state index in [1.54, 1.807) is 0 Å². The standard InChI is InChI=1S/C13H14Cl2N2O/c1-2-3-4-5-6-17-13(18)10-7-9(16)8-11(14)12(10)15/h1,7-8H,3-6,16H2,(H,17,18). The van der Waals surface area contributed by atoms with Gasteiger partial charge in [-0.3, -0.25) is 4.79 Å². The maximum Gasteiger partial charge on any atom is 0.252 e. The lowest BCUT2D eigenvalue weighted by Gasteiger charge is -2.08. The van der Waals surface area contributed by atoms with Crippen LogP contribution in [0.5, 0.6) is 0 Å². The number of carbonyl (C=O) groups excluding carboxylic acids is 1. The highest BCUT2D eigenvalue weighted by Crippen LogP contribution is 2.28. The first kappa shape index (κ1) is 14.7. The number of nitrogen functional groups attached to an aromatic ring is 1. The quantitative estimate of drug-likeness (QED) is 0.496. The van der Waals surface area contributed by atoms with Crippen molar-refractivity contribution in [3.05, 3.63) is 27.7 Å². The minimum absolute atomic E-state index is 0.215. The van der Waals surface area contributed by atoms with E-state index in [0.29, 0.717) is 24.2 Å². The zero-order valence-electron chi connectivity index (χ0n) is 9.80. The molecule has 96 valence electrons. The predicted octanol–water partition coefficient (Wildman–Crippen LogP) is 3.11. The van der Waals surface area contributed by atoms with Crippen molar-refractivity contribution in [2.24, 2.45) is 0 Å². The summed E-state index contributed by atoms with van der Waals surface area (Å²) in [7, 11) is 0. The van der Waals surface area contributed by atoms with Gasteiger partial charge in [0.25, 0.3) is 5.91 Å². The Labute approximate surface area is 117 Å². The van der Waals surface area contributed by atoms with Crippen LogP contribution in [0.3, 0.4) is 0 Å². The fraction of sp³-hybridized carbons (Fsp3) is 0.308. The molecule has 3 nitrogen and oxygen atoms in total. The highest BCUT2D eigenvalue weighted by molar-refractivity contribution is 6.44. The Morgan fingerprint density at radius 2 is 2.11 bits per heavy atom. The van der Waals surface area contributed by atoms with Gasteiger partial charge in [-0.15, -0.1) is 12.3 Å². The summed E-state index contributed by atoms with van der Waals surface area (Å²) in [5.41, 5.74) is 6.31. The molecule has 1 rings (SSSR count). The molecular formula is C13H14Cl2N2O. The molecule has 3 N–H and O–H groups in total. The number of hydrogen-bond acceptors (Lipinski definition) is 2. The van der Waals surface area contributed by atoms with Crippen molar-refractivity contribution in [1.82, 2.24) is 5.32 Å². The van der Waals surface area contributed by atoms with Crippen molar-refractivity contribution in [2.75, 3.05) is 12.3 Å². The van der Waals surface area contributed by atoms with Crippen LogP contribution in [0, 0.1) is 12.3 Å². The highest BCUT2D eigenvalue weighted by atomic mass is 35.5. The van der Waals surface area contributed by atoms with Crippen molar-refractivity contribution in [1.29, 1.82) is 0 Å². The predicted molar refractivity (Wildman–Crippen MR) is 75.9 cm³/mol. The summed E-state index contributed by atoms with van der Waals surface area (Å²) in [5, 5.41) is 3.23. The summed E-state index contributed by atoms with van der Waals surface area (Å²) in [6, 6.07) is 3.01. The summed E-state index contributed by atoms with van der Waals surface area (Å²) in [6.07, 6.45) is 7.54. The third-order valence-electron chi connectivity index (χ3n) is 2.33. The molecule has 1 aromatic rings. The van der Waals surface area contributed by atoms with Crippen molar-refractivity contribution < 1.29 is 4.79 Å². The average Bonchev–Trinajstić information content (AvgIpc) is 2.33. The van der Waals surface area contributed by atoms with Gasteiger partial charge in [-0.1, -0.05) is 23.2 Å². The fourth-order valence-corrected chi connectivity index (χ4v) is 1.85. The van der Waals surface area contributed by atoms with Crippen LogP contribution in [0.25, 0.3) is 0 Å². The van der Waals surface area contributed by atoms with Gasteiger partial charge < -0.3 is 11.1 Å². The number of carbonyl (C=O) groups is 1. The van der Waals surface area contributed by atoms with Crippen LogP contribution >= 0.6 is 23.2 Å². The molecule has 0 heterocycles. The highest BCUT2D eigenvalue weighted by Gasteiger charge is 2.13. The second-order valence-corrected chi connectivity index (χ2v) is 4.57. The third-order valence-corrected chi connectivity index (χ3v) is 3.13. The molecule has 18 heavy (non-hydrogen) atoms. The molecule has 0 atom stereocenters. The fourth-order valence-electron chi connectivity index (χ4n) is 1.42. The smallest absolute Gasteiger partial charge is 0.252 e. The number of terminal acetylenes is 1. The van der Waals surface area contributed by atoms with Crippen LogP contribution in [-0.2, 0) is 0 Å². The minimum Gasteiger partial charge on any atom is -0.399 e. The van der Waals surface area contributed by atoms with E-state index in [2.05, 4.69) is 11.2 Å². The molecule has 1 aromatic carbocycles. The lowest BCUT2D eigenvalue weighted by molar-refractivity contribution is 0.0953. The maximum atomic E-state index is 11.9. The molecule has 0 aliphatic carbocycles. The summed E-state index contributed by atoms with van der Waals surface area (Å²) in [5.74, 6) is 2.26. The van der Waals surface area contributed by atoms with Gasteiger partial charge in [-0.05, 0) is 25.0 Å². The normalized spacial score (nSPS) is 9.83. The van der Waals surface area contributed by atoms with E-state index in [-0.39, 0.29) is 16.0 Å². The summed E-state index contributed by atoms with van der Waals surface area (Å²) >= 11 is 11.8. The van der Waals surface area contributed by atoms with E-state index < -0.39 is 0 Å². The Bertz CT molecular complexity index is 481. The topological polar surface area (TPSA) is 55.1 Å². The molecule has 0 radical (unpaired) electrons. The summed E-state index contributed by atoms with van der Waals surface area (Å²) < 4.78 is 0. The molecule has 1 amide bonds. The van der Waals surface area contributed by atoms with Crippen LogP contribution in [0.15, 0.2) is 12.1 Å². The number of halogens is 2. The molecular weight excluding hydrogens is 271 g/mol. The van der Waals surface area contributed by atoms with Crippen molar-refractivity contribution in [3.8, 4) is 12.3 Å². The first-order valence-corrected chi connectivity index (χ1v) is 6.28. The lowest BCUT2D eigenvalue weighted by Crippen LogP contribution is -2.24. The number of rotatable bonds is 5. The van der Waals surface area contributed by atoms with E-state index in [9.17, 15) is 4.79 Å². The van der Waals surface area contributed by atoms with E-state index in [1.165, 1.54) is 12.1 Å². The third kappa shape index (κ3) is 4.14. The van der Waals surface area contributed by atoms with Crippen molar-refractivity contribution >= 4 is 34.8 Å². The second kappa shape index (κ2) is 7.15. The van der Waals surface area contributed by atoms with E-state index in [0.717, 1.165) is 12.8 Å². The van der Waals surface area contributed by atoms with Crippen LogP contribution in [0.4, 0.5) is 5.69 Å². The second-order valence-electron chi connectivity index (χ2n) is 3.78. The molecule has 5 heteroatoms. The zero-order chi connectivity index (χ0) is 13.5. The monoisotopic (exact) mass is 284 g/mol. The number of nitrogens with two attached hydrogens (primary N) is 1. The summed E-state index contributed by atoms with van der Waals surface area (Å²) in [6.45, 7) is 0.545. The largest absolute Gasteiger partial charge is 0.399 e. The van der Waals surface area contributed by atoms with E-state index >= 15 is 0 Å². The Morgan fingerprint density at radius 1 is 1.39 bits per heavy atom. The van der Waals surface area contributed by atoms with Gasteiger partial charge in [0.1, 0.15) is 0 Å². The maximum absolute atomic E-state index is 11.9. The van der Waals surface area contributed by atoms with Crippen LogP contribution in [0.1, 0.15) is 29.6 Å². The van der Waals surface area contributed by atoms with Crippen molar-refractivity contribution in [2.45, 2.75) is 19.3 Å². The first-order valence-electron chi connectivity index (χ1n) is 5.52. The Hall–Kier alpha value is -1.37. The van der Waals surface area contributed by atoms with Gasteiger partial charge in [0.15, 0.2) is 0 Å². The average molecular weight is 285 g/mol. The molecule has 0 spiro atoms. The van der Waals surface area contributed by atoms with Gasteiger partial charge in [0.05, 0.1) is 15.6 Å². The van der Waals surface area contributed by atoms with Gasteiger partial charge in [-0.25, -0.2) is 0 Å². The number of hydrogen-bond donors (Lipinski definition) is 2. The van der Waals surface area contributed by atoms with Crippen LogP contribution < -0.4 is 11.1 Å². The molecule has 0 bridgehead atoms. The Kier molecular flexibility index (Phi) is 5.84. The van der Waals surface area contributed by atoms with Gasteiger partial charge in [-0.2, -0.15) is 0 Å². The van der Waals surface area contributed by atoms with Gasteiger partial charge in [0, 0.05) is 18.7 Å². The Balaban J connectivity index is 2.60. The van der Waals surface area contributed by atoms with Crippen LogP contribution in [0.2, 0.25) is 10.0 Å². The first-order chi connectivity index (χ1) is 8.56. The molecule has 0 aliphatic rings. The number of unbranched alkanes of at least 4 members (excludes halogenated alkanes) is 2. The van der Waals surface area contributed by atoms with Gasteiger partial charge in [0.2, 0.25) is 0 Å². The minimum atomic E-state index is -0.282. The Morgan fingerprint density at radius 3 is 2.78 bits per heavy atom. The van der Waals surface area contributed by atoms with Crippen LogP contribution in [-0.4, -0.2) is 12.5 Å². The van der Waals surface area contributed by atoms with Crippen molar-refractivity contribution in [3.63, 3.8) is 0 Å². The summed E-state index contributed by atoms with van der Waals surface area (Å²) in [4.78, 5) is 11.9. The number of amides is 1. The number of nitrogens with one attached hydrogen (secondary N) is 1. The van der Waals surface area contributed by atoms with Gasteiger partial charge >= 0.3 is 0 Å². The molecule has 0 unspecified atom stereocenters. The zero-order valence-corrected chi connectivity index (χ0v) is 11.3. The van der Waals surface area contributed by atoms with E-state index in [1.807, 2.05) is 0 Å². The molecule has 0 saturated heterocycles. The van der Waals surface area contributed by atoms with E-state index in [4.69, 9.17) is 35.4 Å². The molecule has 0 aliphatic heterocycles. The molecule has 0 aromatic heterocycles. The molecule has 0 fully saturated rings.